The zero-order valence-electron chi connectivity index (χ0n) is 58.5. The van der Waals surface area contributed by atoms with E-state index < -0.39 is 0 Å². The van der Waals surface area contributed by atoms with Gasteiger partial charge in [-0.25, -0.2) is 0 Å². The van der Waals surface area contributed by atoms with Gasteiger partial charge in [-0.1, -0.05) is 372 Å². The van der Waals surface area contributed by atoms with Crippen molar-refractivity contribution in [1.29, 1.82) is 0 Å². The molecule has 7 atom stereocenters. The fourth-order valence-corrected chi connectivity index (χ4v) is 15.8. The van der Waals surface area contributed by atoms with E-state index in [4.69, 9.17) is 0 Å². The second-order valence-corrected chi connectivity index (χ2v) is 27.8. The molecule has 0 radical (unpaired) electrons. The predicted octanol–water partition coefficient (Wildman–Crippen LogP) is 27.5. The van der Waals surface area contributed by atoms with Crippen LogP contribution in [0.2, 0.25) is 0 Å². The van der Waals surface area contributed by atoms with E-state index in [-0.39, 0.29) is 23.7 Å². The highest BCUT2D eigenvalue weighted by atomic mass is 14.3. The Hall–Kier alpha value is -9.88. The van der Waals surface area contributed by atoms with Crippen molar-refractivity contribution in [1.82, 2.24) is 0 Å². The van der Waals surface area contributed by atoms with Crippen LogP contribution in [0, 0.1) is 5.92 Å². The van der Waals surface area contributed by atoms with E-state index in [1.807, 2.05) is 0 Å². The van der Waals surface area contributed by atoms with E-state index in [0.717, 1.165) is 25.7 Å². The first kappa shape index (κ1) is 69.0. The van der Waals surface area contributed by atoms with E-state index in [1.165, 1.54) is 140 Å². The Kier molecular flexibility index (Phi) is 25.2. The minimum atomic E-state index is 0.160. The van der Waals surface area contributed by atoms with Crippen molar-refractivity contribution in [3.05, 3.63) is 431 Å². The summed E-state index contributed by atoms with van der Waals surface area (Å²) in [6, 6.07) is 127. The normalized spacial score (nSPS) is 13.7. The molecule has 0 aromatic heterocycles. The lowest BCUT2D eigenvalue weighted by atomic mass is 9.73. The summed E-state index contributed by atoms with van der Waals surface area (Å²) in [5, 5.41) is 0. The molecule has 12 rings (SSSR count). The quantitative estimate of drug-likeness (QED) is 0.0279. The average molecular weight is 1290 g/mol. The number of benzene rings is 12. The van der Waals surface area contributed by atoms with Gasteiger partial charge in [0.15, 0.2) is 0 Å². The summed E-state index contributed by atoms with van der Waals surface area (Å²) in [6.07, 6.45) is 21.2. The van der Waals surface area contributed by atoms with Gasteiger partial charge in [0.25, 0.3) is 0 Å². The molecule has 0 saturated heterocycles. The van der Waals surface area contributed by atoms with E-state index in [2.05, 4.69) is 378 Å². The van der Waals surface area contributed by atoms with Crippen molar-refractivity contribution in [2.24, 2.45) is 5.92 Å². The minimum absolute atomic E-state index is 0.160. The Morgan fingerprint density at radius 3 is 0.828 bits per heavy atom. The van der Waals surface area contributed by atoms with Crippen LogP contribution in [0.1, 0.15) is 205 Å². The second kappa shape index (κ2) is 36.1. The first-order chi connectivity index (χ1) is 49.0. The summed E-state index contributed by atoms with van der Waals surface area (Å²) in [5.74, 6) is 3.24. The lowest BCUT2D eigenvalue weighted by Crippen LogP contribution is -2.14. The molecular weight excluding hydrogens is 1190 g/mol. The molecule has 12 aromatic carbocycles. The van der Waals surface area contributed by atoms with Crippen molar-refractivity contribution in [2.75, 3.05) is 0 Å². The average Bonchev–Trinajstić information content (AvgIpc) is 0.792. The summed E-state index contributed by atoms with van der Waals surface area (Å²) in [4.78, 5) is 0. The standard InChI is InChI=1S/C99H100/c1-4-76(54-56-83(80-38-21-10-22-39-80)55-53-75(3)78-58-61-84(62-59-78)86-67-71-94(72-68-86)98(92-49-31-15-32-50-92)96(88-41-23-11-24-42-88)89-43-25-12-26-44-89)35-17-7-6-8-18-40-81(79-36-19-9-20-37-79)60-57-77(5-2)82-63-65-85(66-64-82)87-69-73-95(74-70-87)99(93-51-33-16-34-52-93)97(90-45-27-13-28-46-90)91-47-29-14-30-48-91/h4,6,8-16,19-34,36-39,41-52,58-59,61-77,81,83,96-99H,1,5,7,17-18,35,40,53-57,60H2,2-3H3/b8-6+. The maximum absolute atomic E-state index is 4.37. The van der Waals surface area contributed by atoms with Gasteiger partial charge in [-0.15, -0.1) is 6.58 Å². The minimum Gasteiger partial charge on any atom is -0.103 e. The van der Waals surface area contributed by atoms with Crippen LogP contribution < -0.4 is 0 Å². The van der Waals surface area contributed by atoms with Crippen LogP contribution in [0.5, 0.6) is 0 Å². The van der Waals surface area contributed by atoms with Gasteiger partial charge in [-0.2, -0.15) is 0 Å². The molecule has 0 heteroatoms. The molecule has 0 nitrogen and oxygen atoms in total. The summed E-state index contributed by atoms with van der Waals surface area (Å²) in [7, 11) is 0. The van der Waals surface area contributed by atoms with Crippen molar-refractivity contribution >= 4 is 0 Å². The number of unbranched alkanes of at least 4 members (excludes halogenated alkanes) is 1. The predicted molar refractivity (Wildman–Crippen MR) is 423 cm³/mol. The van der Waals surface area contributed by atoms with Gasteiger partial charge in [0.05, 0.1) is 0 Å². The lowest BCUT2D eigenvalue weighted by Gasteiger charge is -2.29. The summed E-state index contributed by atoms with van der Waals surface area (Å²) in [5.41, 5.74) is 21.5. The molecule has 0 heterocycles. The molecule has 0 aliphatic carbocycles. The van der Waals surface area contributed by atoms with E-state index >= 15 is 0 Å². The molecule has 0 N–H and O–H groups in total. The molecule has 0 aliphatic rings. The van der Waals surface area contributed by atoms with Gasteiger partial charge in [0.2, 0.25) is 0 Å². The van der Waals surface area contributed by atoms with Crippen LogP contribution in [-0.4, -0.2) is 0 Å². The molecule has 0 bridgehead atoms. The van der Waals surface area contributed by atoms with Crippen molar-refractivity contribution < 1.29 is 0 Å². The van der Waals surface area contributed by atoms with Gasteiger partial charge in [-0.05, 0) is 196 Å². The van der Waals surface area contributed by atoms with Gasteiger partial charge >= 0.3 is 0 Å². The van der Waals surface area contributed by atoms with Crippen molar-refractivity contribution in [3.8, 4) is 22.3 Å². The van der Waals surface area contributed by atoms with Crippen molar-refractivity contribution in [3.63, 3.8) is 0 Å². The molecule has 12 aromatic rings. The summed E-state index contributed by atoms with van der Waals surface area (Å²) >= 11 is 0. The Labute approximate surface area is 594 Å². The van der Waals surface area contributed by atoms with Crippen LogP contribution in [0.3, 0.4) is 0 Å². The SMILES string of the molecule is C=CC(CCC/C=C/CCC(CCC(CC)c1ccc(-c2ccc(C(c3ccccc3)C(c3ccccc3)c3ccccc3)cc2)cc1)c1ccccc1)CCC(CCC(C)c1ccc(-c2ccc(C(c3ccccc3)C(c3ccccc3)c3ccccc3)cc2)cc1)c1ccccc1. The molecule has 0 fully saturated rings. The third-order valence-electron chi connectivity index (χ3n) is 21.5. The van der Waals surface area contributed by atoms with Gasteiger partial charge < -0.3 is 0 Å². The molecule has 0 amide bonds. The molecule has 99 heavy (non-hydrogen) atoms. The van der Waals surface area contributed by atoms with Gasteiger partial charge in [-0.3, -0.25) is 0 Å². The Morgan fingerprint density at radius 1 is 0.242 bits per heavy atom. The number of rotatable bonds is 34. The van der Waals surface area contributed by atoms with E-state index in [9.17, 15) is 0 Å². The molecule has 0 aliphatic heterocycles. The highest BCUT2D eigenvalue weighted by Gasteiger charge is 2.30. The van der Waals surface area contributed by atoms with Crippen LogP contribution in [0.25, 0.3) is 22.3 Å². The zero-order valence-corrected chi connectivity index (χ0v) is 58.5. The lowest BCUT2D eigenvalue weighted by molar-refractivity contribution is 0.444. The maximum Gasteiger partial charge on any atom is 0.0199 e. The number of allylic oxidation sites excluding steroid dienone is 3. The smallest absolute Gasteiger partial charge is 0.0199 e. The highest BCUT2D eigenvalue weighted by Crippen LogP contribution is 2.46. The van der Waals surface area contributed by atoms with Gasteiger partial charge in [0, 0.05) is 23.7 Å². The Bertz CT molecular complexity index is 4180. The monoisotopic (exact) mass is 1290 g/mol. The second-order valence-electron chi connectivity index (χ2n) is 27.8. The summed E-state index contributed by atoms with van der Waals surface area (Å²) in [6.45, 7) is 9.17. The molecule has 0 spiro atoms. The topological polar surface area (TPSA) is 0 Å². The number of hydrogen-bond donors (Lipinski definition) is 0. The van der Waals surface area contributed by atoms with Crippen LogP contribution >= 0.6 is 0 Å². The van der Waals surface area contributed by atoms with Crippen LogP contribution in [0.4, 0.5) is 0 Å². The Morgan fingerprint density at radius 2 is 0.495 bits per heavy atom. The van der Waals surface area contributed by atoms with E-state index in [1.54, 1.807) is 0 Å². The molecular formula is C99H100. The fourth-order valence-electron chi connectivity index (χ4n) is 15.8. The first-order valence-electron chi connectivity index (χ1n) is 37.1. The third-order valence-corrected chi connectivity index (χ3v) is 21.5. The molecule has 0 saturated carbocycles. The highest BCUT2D eigenvalue weighted by molar-refractivity contribution is 5.66. The molecule has 496 valence electrons. The van der Waals surface area contributed by atoms with Crippen LogP contribution in [0.15, 0.2) is 365 Å². The fraction of sp³-hybridized carbons (Fsp3) is 0.232. The zero-order chi connectivity index (χ0) is 67.6. The maximum atomic E-state index is 4.37. The first-order valence-corrected chi connectivity index (χ1v) is 37.1. The Balaban J connectivity index is 0.613. The molecule has 7 unspecified atom stereocenters. The summed E-state index contributed by atoms with van der Waals surface area (Å²) < 4.78 is 0. The van der Waals surface area contributed by atoms with E-state index in [0.29, 0.717) is 29.6 Å². The van der Waals surface area contributed by atoms with Gasteiger partial charge in [0.1, 0.15) is 0 Å². The van der Waals surface area contributed by atoms with Crippen LogP contribution in [-0.2, 0) is 0 Å². The third kappa shape index (κ3) is 18.7. The number of hydrogen-bond acceptors (Lipinski definition) is 0. The largest absolute Gasteiger partial charge is 0.103 e. The van der Waals surface area contributed by atoms with Crippen molar-refractivity contribution in [2.45, 2.75) is 138 Å².